The first-order valence-corrected chi connectivity index (χ1v) is 0. The molecule has 0 amide bonds. The van der Waals surface area contributed by atoms with Crippen molar-refractivity contribution in [2.45, 2.75) is 0 Å². The molecule has 0 unspecified atom stereocenters. The average Bonchev–Trinajstić information content (AvgIpc) is 0. The van der Waals surface area contributed by atoms with E-state index in [1.807, 2.05) is 0 Å². The third-order valence-electron chi connectivity index (χ3n) is 0. The maximum absolute atomic E-state index is 0. The van der Waals surface area contributed by atoms with Gasteiger partial charge in [-0.1, -0.05) is 0 Å². The molecule has 0 aromatic heterocycles. The van der Waals surface area contributed by atoms with Crippen LogP contribution < -0.4 is 20.3 Å². The van der Waals surface area contributed by atoms with Crippen molar-refractivity contribution in [1.29, 1.82) is 0 Å². The van der Waals surface area contributed by atoms with Gasteiger partial charge in [-0.3, -0.25) is 0 Å². The minimum atomic E-state index is 0. The molecule has 0 heterocycles. The summed E-state index contributed by atoms with van der Waals surface area (Å²) in [4.78, 5) is 0. The molecule has 0 radical (unpaired) electrons. The summed E-state index contributed by atoms with van der Waals surface area (Å²) in [5.74, 6) is 0. The van der Waals surface area contributed by atoms with Crippen molar-refractivity contribution in [2.75, 3.05) is 0 Å². The van der Waals surface area contributed by atoms with Crippen molar-refractivity contribution in [2.24, 2.45) is 0 Å². The van der Waals surface area contributed by atoms with Gasteiger partial charge >= 0.3 is 8.41 Å². The first kappa shape index (κ1) is 2050. The Kier molecular flexibility index (Phi) is 361000. The second-order valence-corrected chi connectivity index (χ2v) is 0. The molecule has 0 spiro atoms. The van der Waals surface area contributed by atoms with Gasteiger partial charge in [0, 0.05) is 0 Å². The van der Waals surface area contributed by atoms with Gasteiger partial charge < -0.3 is 20.3 Å². The summed E-state index contributed by atoms with van der Waals surface area (Å²) in [6.45, 7) is 0. The Morgan fingerprint density at radius 1 is 0.600 bits per heavy atom. The molecule has 0 aliphatic heterocycles. The Labute approximate surface area is 30.0 Å². The van der Waals surface area contributed by atoms with E-state index in [9.17, 15) is 0 Å². The molecule has 0 atom stereocenters. The fourth-order valence-electron chi connectivity index (χ4n) is 0. The van der Waals surface area contributed by atoms with Crippen molar-refractivity contribution in [3.63, 3.8) is 0 Å². The van der Waals surface area contributed by atoms with Crippen molar-refractivity contribution in [1.82, 2.24) is 6.15 Å². The van der Waals surface area contributed by atoms with E-state index in [1.54, 1.807) is 0 Å². The van der Waals surface area contributed by atoms with Crippen LogP contribution in [0.4, 0.5) is 0 Å². The topological polar surface area (TPSA) is 35.0 Å². The average molecular weight is 84.8 g/mol. The maximum Gasteiger partial charge on any atom is 3.00 e. The van der Waals surface area contributed by atoms with E-state index in [4.69, 9.17) is 0 Å². The Bertz CT molecular complexity index is 6.85. The minimum absolute atomic E-state index is 0. The fraction of sp³-hybridized carbons (Fsp3) is 0. The standard InChI is InChI=1S/B.3FH.H3N/h;3*1H;1H3/q+3;;;;/p-3. The monoisotopic (exact) mass is 85.0 g/mol. The van der Waals surface area contributed by atoms with E-state index in [2.05, 4.69) is 0 Å². The Morgan fingerprint density at radius 3 is 0.600 bits per heavy atom. The van der Waals surface area contributed by atoms with Crippen LogP contribution in [-0.2, 0) is 0 Å². The van der Waals surface area contributed by atoms with Crippen molar-refractivity contribution in [3.05, 3.63) is 0 Å². The van der Waals surface area contributed by atoms with Crippen molar-refractivity contribution >= 4 is 8.41 Å². The van der Waals surface area contributed by atoms with Crippen LogP contribution >= 0.6 is 0 Å². The molecule has 3 N–H and O–H groups in total. The van der Waals surface area contributed by atoms with Crippen LogP contribution in [0.2, 0.25) is 0 Å². The number of hydrogen-bond acceptors (Lipinski definition) is 1. The van der Waals surface area contributed by atoms with E-state index in [0.29, 0.717) is 0 Å². The van der Waals surface area contributed by atoms with Gasteiger partial charge in [0.15, 0.2) is 0 Å². The molecular weight excluding hydrogens is 81.8 g/mol. The minimum Gasteiger partial charge on any atom is -1.00 e. The quantitative estimate of drug-likeness (QED) is 0.291. The van der Waals surface area contributed by atoms with Gasteiger partial charge in [-0.05, 0) is 0 Å². The van der Waals surface area contributed by atoms with E-state index in [0.717, 1.165) is 0 Å². The van der Waals surface area contributed by atoms with Crippen LogP contribution in [0.15, 0.2) is 0 Å². The van der Waals surface area contributed by atoms with Crippen molar-refractivity contribution < 1.29 is 14.1 Å². The van der Waals surface area contributed by atoms with Gasteiger partial charge in [0.05, 0.1) is 0 Å². The fourth-order valence-corrected chi connectivity index (χ4v) is 0. The van der Waals surface area contributed by atoms with Gasteiger partial charge in [0.1, 0.15) is 0 Å². The van der Waals surface area contributed by atoms with E-state index >= 15 is 0 Å². The number of hydrogen-bond donors (Lipinski definition) is 1. The third kappa shape index (κ3) is 367. The zero-order chi connectivity index (χ0) is 0. The molecule has 0 aliphatic carbocycles. The first-order chi connectivity index (χ1) is 0. The van der Waals surface area contributed by atoms with Crippen LogP contribution in [-0.4, -0.2) is 8.41 Å². The Hall–Kier alpha value is -0.185. The second kappa shape index (κ2) is 883. The van der Waals surface area contributed by atoms with Crippen LogP contribution in [0.25, 0.3) is 0 Å². The predicted molar refractivity (Wildman–Crippen MR) is 10.8 cm³/mol. The van der Waals surface area contributed by atoms with E-state index < -0.39 is 0 Å². The normalized spacial score (nSPS) is 0. The molecule has 32 valence electrons. The SMILES string of the molecule is N.[B+3].[F-].[F-].[F-]. The largest absolute Gasteiger partial charge is 3.00 e. The Balaban J connectivity index is 0. The molecule has 5 heavy (non-hydrogen) atoms. The summed E-state index contributed by atoms with van der Waals surface area (Å²) >= 11 is 0. The summed E-state index contributed by atoms with van der Waals surface area (Å²) in [5.41, 5.74) is 0. The summed E-state index contributed by atoms with van der Waals surface area (Å²) < 4.78 is 0. The number of halogens is 3. The smallest absolute Gasteiger partial charge is 1.00 e. The van der Waals surface area contributed by atoms with Crippen LogP contribution in [0.5, 0.6) is 0 Å². The molecular formula is H3BF3N. The molecule has 0 aromatic carbocycles. The molecule has 0 bridgehead atoms. The van der Waals surface area contributed by atoms with Crippen molar-refractivity contribution in [3.8, 4) is 0 Å². The third-order valence-corrected chi connectivity index (χ3v) is 0. The molecule has 0 aromatic rings. The van der Waals surface area contributed by atoms with Crippen LogP contribution in [0.3, 0.4) is 0 Å². The van der Waals surface area contributed by atoms with Gasteiger partial charge in [0.25, 0.3) is 0 Å². The zero-order valence-electron chi connectivity index (χ0n) is 2.42. The molecule has 0 fully saturated rings. The molecule has 0 aliphatic rings. The summed E-state index contributed by atoms with van der Waals surface area (Å²) in [5, 5.41) is 0. The molecule has 0 saturated heterocycles. The van der Waals surface area contributed by atoms with Gasteiger partial charge in [-0.25, -0.2) is 0 Å². The molecule has 5 heteroatoms. The first-order valence-electron chi connectivity index (χ1n) is 0. The van der Waals surface area contributed by atoms with Gasteiger partial charge in [-0.15, -0.1) is 0 Å². The zero-order valence-corrected chi connectivity index (χ0v) is 2.42. The second-order valence-electron chi connectivity index (χ2n) is 0. The van der Waals surface area contributed by atoms with Crippen LogP contribution in [0, 0.1) is 0 Å². The van der Waals surface area contributed by atoms with E-state index in [-0.39, 0.29) is 28.7 Å². The number of rotatable bonds is 0. The predicted octanol–water partition coefficient (Wildman–Crippen LogP) is -9.21. The molecule has 0 saturated carbocycles. The molecule has 1 nitrogen and oxygen atoms in total. The Morgan fingerprint density at radius 2 is 0.600 bits per heavy atom. The van der Waals surface area contributed by atoms with Crippen LogP contribution in [0.1, 0.15) is 0 Å². The van der Waals surface area contributed by atoms with E-state index in [1.165, 1.54) is 0 Å². The molecule has 0 rings (SSSR count). The summed E-state index contributed by atoms with van der Waals surface area (Å²) in [6.07, 6.45) is 0. The van der Waals surface area contributed by atoms with Gasteiger partial charge in [0.2, 0.25) is 0 Å². The summed E-state index contributed by atoms with van der Waals surface area (Å²) in [6, 6.07) is 0. The summed E-state index contributed by atoms with van der Waals surface area (Å²) in [7, 11) is 0. The maximum atomic E-state index is 0. The van der Waals surface area contributed by atoms with Gasteiger partial charge in [-0.2, -0.15) is 0 Å².